The lowest BCUT2D eigenvalue weighted by atomic mass is 9.88. The van der Waals surface area contributed by atoms with Gasteiger partial charge in [-0.25, -0.2) is 0 Å². The Labute approximate surface area is 98.6 Å². The van der Waals surface area contributed by atoms with Crippen LogP contribution in [0.2, 0.25) is 0 Å². The van der Waals surface area contributed by atoms with E-state index in [-0.39, 0.29) is 5.92 Å². The lowest BCUT2D eigenvalue weighted by molar-refractivity contribution is -0.137. The van der Waals surface area contributed by atoms with Gasteiger partial charge >= 0.3 is 0 Å². The molecule has 1 amide bonds. The predicted molar refractivity (Wildman–Crippen MR) is 65.1 cm³/mol. The van der Waals surface area contributed by atoms with Crippen LogP contribution in [-0.4, -0.2) is 37.0 Å². The summed E-state index contributed by atoms with van der Waals surface area (Å²) in [6, 6.07) is 0. The molecule has 2 unspecified atom stereocenters. The van der Waals surface area contributed by atoms with E-state index in [0.717, 1.165) is 32.1 Å². The fourth-order valence-electron chi connectivity index (χ4n) is 2.64. The van der Waals surface area contributed by atoms with Crippen molar-refractivity contribution in [2.75, 3.05) is 26.2 Å². The fourth-order valence-corrected chi connectivity index (χ4v) is 2.64. The summed E-state index contributed by atoms with van der Waals surface area (Å²) in [4.78, 5) is 14.4. The van der Waals surface area contributed by atoms with Crippen LogP contribution < -0.4 is 5.32 Å². The van der Waals surface area contributed by atoms with Gasteiger partial charge in [-0.15, -0.1) is 0 Å². The van der Waals surface area contributed by atoms with Crippen molar-refractivity contribution in [1.29, 1.82) is 0 Å². The zero-order chi connectivity index (χ0) is 11.5. The van der Waals surface area contributed by atoms with Crippen molar-refractivity contribution in [2.24, 2.45) is 17.8 Å². The molecule has 16 heavy (non-hydrogen) atoms. The second kappa shape index (κ2) is 5.17. The van der Waals surface area contributed by atoms with Crippen molar-refractivity contribution in [3.05, 3.63) is 0 Å². The molecule has 0 aromatic carbocycles. The van der Waals surface area contributed by atoms with Gasteiger partial charge in [-0.05, 0) is 44.2 Å². The van der Waals surface area contributed by atoms with E-state index in [0.29, 0.717) is 11.8 Å². The number of nitrogens with zero attached hydrogens (tertiary/aromatic N) is 1. The minimum Gasteiger partial charge on any atom is -0.342 e. The van der Waals surface area contributed by atoms with E-state index in [1.165, 1.54) is 19.3 Å². The highest BCUT2D eigenvalue weighted by atomic mass is 16.2. The third-order valence-corrected chi connectivity index (χ3v) is 4.24. The highest BCUT2D eigenvalue weighted by Crippen LogP contribution is 2.22. The maximum atomic E-state index is 12.3. The van der Waals surface area contributed by atoms with Crippen molar-refractivity contribution in [3.63, 3.8) is 0 Å². The highest BCUT2D eigenvalue weighted by Gasteiger charge is 2.31. The molecule has 2 rings (SSSR count). The van der Waals surface area contributed by atoms with E-state index in [4.69, 9.17) is 0 Å². The van der Waals surface area contributed by atoms with Crippen molar-refractivity contribution in [2.45, 2.75) is 33.1 Å². The quantitative estimate of drug-likeness (QED) is 0.771. The predicted octanol–water partition coefficient (Wildman–Crippen LogP) is 1.49. The lowest BCUT2D eigenvalue weighted by Gasteiger charge is -2.34. The molecule has 0 saturated carbocycles. The topological polar surface area (TPSA) is 32.3 Å². The third kappa shape index (κ3) is 2.57. The largest absolute Gasteiger partial charge is 0.342 e. The molecule has 2 saturated heterocycles. The molecule has 0 spiro atoms. The van der Waals surface area contributed by atoms with E-state index in [1.54, 1.807) is 0 Å². The Bertz CT molecular complexity index is 250. The monoisotopic (exact) mass is 224 g/mol. The van der Waals surface area contributed by atoms with E-state index in [9.17, 15) is 4.79 Å². The summed E-state index contributed by atoms with van der Waals surface area (Å²) in [6.07, 6.45) is 3.65. The molecule has 0 radical (unpaired) electrons. The number of nitrogens with one attached hydrogen (secondary N) is 1. The summed E-state index contributed by atoms with van der Waals surface area (Å²) in [5.41, 5.74) is 0. The Balaban J connectivity index is 1.87. The van der Waals surface area contributed by atoms with Crippen LogP contribution in [0, 0.1) is 17.8 Å². The van der Waals surface area contributed by atoms with Gasteiger partial charge in [-0.2, -0.15) is 0 Å². The first-order valence-corrected chi connectivity index (χ1v) is 6.68. The smallest absolute Gasteiger partial charge is 0.225 e. The number of carbonyl (C=O) groups is 1. The van der Waals surface area contributed by atoms with Crippen LogP contribution >= 0.6 is 0 Å². The second-order valence-electron chi connectivity index (χ2n) is 5.57. The molecule has 3 nitrogen and oxygen atoms in total. The highest BCUT2D eigenvalue weighted by molar-refractivity contribution is 5.79. The molecular formula is C13H24N2O. The molecule has 2 atom stereocenters. The van der Waals surface area contributed by atoms with Crippen LogP contribution in [0.15, 0.2) is 0 Å². The Kier molecular flexibility index (Phi) is 3.85. The lowest BCUT2D eigenvalue weighted by Crippen LogP contribution is -2.50. The molecule has 0 aliphatic carbocycles. The first kappa shape index (κ1) is 11.9. The van der Waals surface area contributed by atoms with Crippen LogP contribution in [0.5, 0.6) is 0 Å². The maximum Gasteiger partial charge on any atom is 0.225 e. The van der Waals surface area contributed by atoms with Crippen LogP contribution in [0.1, 0.15) is 33.1 Å². The minimum absolute atomic E-state index is 0.217. The number of likely N-dealkylation sites (tertiary alicyclic amines) is 1. The first-order chi connectivity index (χ1) is 7.68. The molecule has 0 bridgehead atoms. The molecule has 3 heteroatoms. The Morgan fingerprint density at radius 2 is 2.06 bits per heavy atom. The second-order valence-corrected chi connectivity index (χ2v) is 5.57. The van der Waals surface area contributed by atoms with Crippen molar-refractivity contribution >= 4 is 5.91 Å². The average Bonchev–Trinajstić information content (AvgIpc) is 2.39. The number of rotatable bonds is 2. The van der Waals surface area contributed by atoms with Gasteiger partial charge in [0.2, 0.25) is 5.91 Å². The molecule has 2 fully saturated rings. The first-order valence-electron chi connectivity index (χ1n) is 6.68. The SMILES string of the molecule is CC1CCCN(C(=O)C(C)C2CNC2)CC1. The molecule has 2 heterocycles. The van der Waals surface area contributed by atoms with E-state index < -0.39 is 0 Å². The molecule has 0 aromatic rings. The zero-order valence-electron chi connectivity index (χ0n) is 10.5. The fraction of sp³-hybridized carbons (Fsp3) is 0.923. The summed E-state index contributed by atoms with van der Waals surface area (Å²) in [6.45, 7) is 8.40. The van der Waals surface area contributed by atoms with E-state index >= 15 is 0 Å². The van der Waals surface area contributed by atoms with Crippen LogP contribution in [-0.2, 0) is 4.79 Å². The molecule has 92 valence electrons. The van der Waals surface area contributed by atoms with Crippen LogP contribution in [0.4, 0.5) is 0 Å². The number of carbonyl (C=O) groups excluding carboxylic acids is 1. The molecule has 2 aliphatic heterocycles. The van der Waals surface area contributed by atoms with E-state index in [1.807, 2.05) is 0 Å². The van der Waals surface area contributed by atoms with Crippen molar-refractivity contribution in [1.82, 2.24) is 10.2 Å². The third-order valence-electron chi connectivity index (χ3n) is 4.24. The van der Waals surface area contributed by atoms with Gasteiger partial charge in [0.25, 0.3) is 0 Å². The summed E-state index contributed by atoms with van der Waals surface area (Å²) in [7, 11) is 0. The maximum absolute atomic E-state index is 12.3. The van der Waals surface area contributed by atoms with Crippen LogP contribution in [0.25, 0.3) is 0 Å². The number of hydrogen-bond donors (Lipinski definition) is 1. The molecule has 1 N–H and O–H groups in total. The summed E-state index contributed by atoms with van der Waals surface area (Å²) >= 11 is 0. The minimum atomic E-state index is 0.217. The van der Waals surface area contributed by atoms with Gasteiger partial charge in [0.1, 0.15) is 0 Å². The van der Waals surface area contributed by atoms with Crippen molar-refractivity contribution < 1.29 is 4.79 Å². The normalized spacial score (nSPS) is 29.4. The standard InChI is InChI=1S/C13H24N2O/c1-10-4-3-6-15(7-5-10)13(16)11(2)12-8-14-9-12/h10-12,14H,3-9H2,1-2H3. The summed E-state index contributed by atoms with van der Waals surface area (Å²) in [5.74, 6) is 1.97. The van der Waals surface area contributed by atoms with Gasteiger partial charge < -0.3 is 10.2 Å². The van der Waals surface area contributed by atoms with Gasteiger partial charge in [0, 0.05) is 19.0 Å². The number of hydrogen-bond acceptors (Lipinski definition) is 2. The number of amides is 1. The molecule has 0 aromatic heterocycles. The van der Waals surface area contributed by atoms with Crippen LogP contribution in [0.3, 0.4) is 0 Å². The Morgan fingerprint density at radius 3 is 2.69 bits per heavy atom. The molecule has 2 aliphatic rings. The summed E-state index contributed by atoms with van der Waals surface area (Å²) in [5, 5.41) is 3.25. The van der Waals surface area contributed by atoms with E-state index in [2.05, 4.69) is 24.1 Å². The average molecular weight is 224 g/mol. The summed E-state index contributed by atoms with van der Waals surface area (Å²) < 4.78 is 0. The van der Waals surface area contributed by atoms with Gasteiger partial charge in [-0.1, -0.05) is 13.8 Å². The van der Waals surface area contributed by atoms with Gasteiger partial charge in [-0.3, -0.25) is 4.79 Å². The Hall–Kier alpha value is -0.570. The van der Waals surface area contributed by atoms with Gasteiger partial charge in [0.05, 0.1) is 0 Å². The van der Waals surface area contributed by atoms with Gasteiger partial charge in [0.15, 0.2) is 0 Å². The Morgan fingerprint density at radius 1 is 1.31 bits per heavy atom. The zero-order valence-corrected chi connectivity index (χ0v) is 10.5. The molecular weight excluding hydrogens is 200 g/mol. The van der Waals surface area contributed by atoms with Crippen molar-refractivity contribution in [3.8, 4) is 0 Å².